The molecule has 0 radical (unpaired) electrons. The summed E-state index contributed by atoms with van der Waals surface area (Å²) in [6.45, 7) is 3.06. The molecule has 0 aliphatic carbocycles. The van der Waals surface area contributed by atoms with Crippen LogP contribution >= 0.6 is 11.6 Å². The fourth-order valence-corrected chi connectivity index (χ4v) is 3.93. The van der Waals surface area contributed by atoms with E-state index < -0.39 is 0 Å². The molecule has 1 aromatic carbocycles. The van der Waals surface area contributed by atoms with Crippen LogP contribution in [0.1, 0.15) is 30.1 Å². The molecule has 0 spiro atoms. The standard InChI is InChI=1S/C21H21ClN4O3/c1-2-29-21(28)14-6-5-11-25(13-14)20(27)16-12-24-26-18(9-10-23-19(16)26)15-7-3-4-8-17(15)22/h3-4,7-10,12,14H,2,5-6,11,13H2,1H3. The predicted octanol–water partition coefficient (Wildman–Crippen LogP) is 3.47. The molecule has 1 amide bonds. The van der Waals surface area contributed by atoms with Gasteiger partial charge in [-0.3, -0.25) is 9.59 Å². The number of hydrogen-bond acceptors (Lipinski definition) is 5. The van der Waals surface area contributed by atoms with Crippen LogP contribution in [0.5, 0.6) is 0 Å². The van der Waals surface area contributed by atoms with Gasteiger partial charge in [0.15, 0.2) is 5.65 Å². The number of benzene rings is 1. The zero-order valence-electron chi connectivity index (χ0n) is 16.0. The van der Waals surface area contributed by atoms with Gasteiger partial charge in [0.1, 0.15) is 5.56 Å². The molecule has 1 saturated heterocycles. The average Bonchev–Trinajstić information content (AvgIpc) is 3.18. The first-order chi connectivity index (χ1) is 14.1. The number of rotatable bonds is 4. The van der Waals surface area contributed by atoms with Gasteiger partial charge in [0.25, 0.3) is 5.91 Å². The van der Waals surface area contributed by atoms with E-state index in [1.807, 2.05) is 30.3 Å². The highest BCUT2D eigenvalue weighted by Gasteiger charge is 2.31. The number of esters is 1. The third-order valence-electron chi connectivity index (χ3n) is 5.11. The zero-order chi connectivity index (χ0) is 20.4. The number of aromatic nitrogens is 3. The smallest absolute Gasteiger partial charge is 0.310 e. The molecule has 7 nitrogen and oxygen atoms in total. The van der Waals surface area contributed by atoms with Crippen molar-refractivity contribution in [2.75, 3.05) is 19.7 Å². The lowest BCUT2D eigenvalue weighted by Crippen LogP contribution is -2.42. The summed E-state index contributed by atoms with van der Waals surface area (Å²) < 4.78 is 6.75. The lowest BCUT2D eigenvalue weighted by atomic mass is 9.97. The van der Waals surface area contributed by atoms with Gasteiger partial charge in [-0.25, -0.2) is 9.50 Å². The Kier molecular flexibility index (Phi) is 5.49. The van der Waals surface area contributed by atoms with Gasteiger partial charge in [-0.2, -0.15) is 5.10 Å². The summed E-state index contributed by atoms with van der Waals surface area (Å²) >= 11 is 6.34. The van der Waals surface area contributed by atoms with Crippen molar-refractivity contribution < 1.29 is 14.3 Å². The lowest BCUT2D eigenvalue weighted by Gasteiger charge is -2.31. The molecule has 1 aliphatic rings. The van der Waals surface area contributed by atoms with Gasteiger partial charge in [-0.1, -0.05) is 29.8 Å². The number of carbonyl (C=O) groups excluding carboxylic acids is 2. The van der Waals surface area contributed by atoms with Gasteiger partial charge in [-0.05, 0) is 31.9 Å². The number of amides is 1. The molecule has 3 heterocycles. The molecule has 2 aromatic heterocycles. The molecule has 0 N–H and O–H groups in total. The number of nitrogens with zero attached hydrogens (tertiary/aromatic N) is 4. The second-order valence-corrected chi connectivity index (χ2v) is 7.35. The van der Waals surface area contributed by atoms with Crippen molar-refractivity contribution in [1.82, 2.24) is 19.5 Å². The van der Waals surface area contributed by atoms with Gasteiger partial charge in [0.05, 0.1) is 24.4 Å². The number of hydrogen-bond donors (Lipinski definition) is 0. The first kappa shape index (κ1) is 19.4. The second kappa shape index (κ2) is 8.21. The van der Waals surface area contributed by atoms with Crippen molar-refractivity contribution in [3.8, 4) is 11.3 Å². The molecule has 3 aromatic rings. The van der Waals surface area contributed by atoms with E-state index in [-0.39, 0.29) is 17.8 Å². The SMILES string of the molecule is CCOC(=O)C1CCCN(C(=O)c2cnn3c(-c4ccccc4Cl)ccnc23)C1. The maximum absolute atomic E-state index is 13.2. The first-order valence-corrected chi connectivity index (χ1v) is 10.0. The molecule has 150 valence electrons. The Balaban J connectivity index is 1.65. The van der Waals surface area contributed by atoms with E-state index in [4.69, 9.17) is 16.3 Å². The van der Waals surface area contributed by atoms with Gasteiger partial charge in [-0.15, -0.1) is 0 Å². The van der Waals surface area contributed by atoms with E-state index in [1.165, 1.54) is 6.20 Å². The Morgan fingerprint density at radius 1 is 1.28 bits per heavy atom. The predicted molar refractivity (Wildman–Crippen MR) is 109 cm³/mol. The largest absolute Gasteiger partial charge is 0.466 e. The van der Waals surface area contributed by atoms with Crippen LogP contribution in [-0.4, -0.2) is 51.1 Å². The third kappa shape index (κ3) is 3.70. The highest BCUT2D eigenvalue weighted by atomic mass is 35.5. The Morgan fingerprint density at radius 3 is 2.90 bits per heavy atom. The molecule has 0 saturated carbocycles. The van der Waals surface area contributed by atoms with E-state index in [0.717, 1.165) is 24.1 Å². The maximum atomic E-state index is 13.2. The maximum Gasteiger partial charge on any atom is 0.310 e. The fraction of sp³-hybridized carbons (Fsp3) is 0.333. The normalized spacial score (nSPS) is 16.8. The Labute approximate surface area is 173 Å². The topological polar surface area (TPSA) is 76.8 Å². The number of piperidine rings is 1. The highest BCUT2D eigenvalue weighted by Crippen LogP contribution is 2.28. The monoisotopic (exact) mass is 412 g/mol. The van der Waals surface area contributed by atoms with Crippen molar-refractivity contribution in [1.29, 1.82) is 0 Å². The number of ether oxygens (including phenoxy) is 1. The lowest BCUT2D eigenvalue weighted by molar-refractivity contribution is -0.149. The fourth-order valence-electron chi connectivity index (χ4n) is 3.70. The van der Waals surface area contributed by atoms with Crippen LogP contribution < -0.4 is 0 Å². The Bertz CT molecular complexity index is 1070. The minimum atomic E-state index is -0.291. The van der Waals surface area contributed by atoms with Crippen LogP contribution in [0.15, 0.2) is 42.7 Å². The minimum absolute atomic E-state index is 0.183. The second-order valence-electron chi connectivity index (χ2n) is 6.95. The molecule has 1 aliphatic heterocycles. The summed E-state index contributed by atoms with van der Waals surface area (Å²) in [7, 11) is 0. The van der Waals surface area contributed by atoms with Gasteiger partial charge in [0, 0.05) is 29.9 Å². The van der Waals surface area contributed by atoms with Crippen molar-refractivity contribution in [2.24, 2.45) is 5.92 Å². The van der Waals surface area contributed by atoms with Crippen LogP contribution in [0.2, 0.25) is 5.02 Å². The molecular formula is C21H21ClN4O3. The van der Waals surface area contributed by atoms with Crippen molar-refractivity contribution in [3.05, 3.63) is 53.3 Å². The van der Waals surface area contributed by atoms with Crippen molar-refractivity contribution in [3.63, 3.8) is 0 Å². The number of likely N-dealkylation sites (tertiary alicyclic amines) is 1. The summed E-state index contributed by atoms with van der Waals surface area (Å²) in [5, 5.41) is 4.99. The van der Waals surface area contributed by atoms with Crippen molar-refractivity contribution >= 4 is 29.1 Å². The van der Waals surface area contributed by atoms with E-state index in [9.17, 15) is 9.59 Å². The minimum Gasteiger partial charge on any atom is -0.466 e. The van der Waals surface area contributed by atoms with Crippen LogP contribution in [0.4, 0.5) is 0 Å². The summed E-state index contributed by atoms with van der Waals surface area (Å²) in [5.74, 6) is -0.720. The number of carbonyl (C=O) groups is 2. The van der Waals surface area contributed by atoms with Crippen LogP contribution in [-0.2, 0) is 9.53 Å². The first-order valence-electron chi connectivity index (χ1n) is 9.63. The van der Waals surface area contributed by atoms with Crippen LogP contribution in [0, 0.1) is 5.92 Å². The molecule has 29 heavy (non-hydrogen) atoms. The zero-order valence-corrected chi connectivity index (χ0v) is 16.8. The Morgan fingerprint density at radius 2 is 2.10 bits per heavy atom. The molecule has 1 fully saturated rings. The summed E-state index contributed by atoms with van der Waals surface area (Å²) in [4.78, 5) is 31.3. The quantitative estimate of drug-likeness (QED) is 0.613. The van der Waals surface area contributed by atoms with Gasteiger partial charge >= 0.3 is 5.97 Å². The van der Waals surface area contributed by atoms with Crippen molar-refractivity contribution in [2.45, 2.75) is 19.8 Å². The molecule has 8 heteroatoms. The number of halogens is 1. The van der Waals surface area contributed by atoms with E-state index in [2.05, 4.69) is 10.1 Å². The van der Waals surface area contributed by atoms with Gasteiger partial charge < -0.3 is 9.64 Å². The van der Waals surface area contributed by atoms with E-state index >= 15 is 0 Å². The summed E-state index contributed by atoms with van der Waals surface area (Å²) in [5.41, 5.74) is 2.43. The molecular weight excluding hydrogens is 392 g/mol. The molecule has 4 rings (SSSR count). The molecule has 1 unspecified atom stereocenters. The Hall–Kier alpha value is -2.93. The van der Waals surface area contributed by atoms with Crippen LogP contribution in [0.3, 0.4) is 0 Å². The highest BCUT2D eigenvalue weighted by molar-refractivity contribution is 6.33. The summed E-state index contributed by atoms with van der Waals surface area (Å²) in [6.07, 6.45) is 4.65. The number of fused-ring (bicyclic) bond motifs is 1. The summed E-state index contributed by atoms with van der Waals surface area (Å²) in [6, 6.07) is 9.27. The third-order valence-corrected chi connectivity index (χ3v) is 5.44. The van der Waals surface area contributed by atoms with E-state index in [1.54, 1.807) is 22.5 Å². The average molecular weight is 413 g/mol. The molecule has 0 bridgehead atoms. The van der Waals surface area contributed by atoms with E-state index in [0.29, 0.717) is 35.9 Å². The van der Waals surface area contributed by atoms with Crippen LogP contribution in [0.25, 0.3) is 16.9 Å². The molecule has 1 atom stereocenters. The van der Waals surface area contributed by atoms with Gasteiger partial charge in [0.2, 0.25) is 0 Å².